The molecule has 5 nitrogen and oxygen atoms in total. The average molecular weight is 315 g/mol. The molecule has 1 aliphatic rings. The smallest absolute Gasteiger partial charge is 0.241 e. The van der Waals surface area contributed by atoms with Crippen LogP contribution in [0.15, 0.2) is 23.1 Å². The van der Waals surface area contributed by atoms with Crippen molar-refractivity contribution < 1.29 is 12.8 Å². The lowest BCUT2D eigenvalue weighted by molar-refractivity contribution is 0.220. The molecule has 3 N–H and O–H groups in total. The van der Waals surface area contributed by atoms with E-state index in [-0.39, 0.29) is 11.4 Å². The lowest BCUT2D eigenvalue weighted by Crippen LogP contribution is -2.37. The predicted molar refractivity (Wildman–Crippen MR) is 79.7 cm³/mol. The Bertz CT molecular complexity index is 584. The highest BCUT2D eigenvalue weighted by atomic mass is 32.2. The number of benzene rings is 1. The molecule has 0 spiro atoms. The highest BCUT2D eigenvalue weighted by Crippen LogP contribution is 2.19. The van der Waals surface area contributed by atoms with Gasteiger partial charge in [-0.05, 0) is 56.6 Å². The highest BCUT2D eigenvalue weighted by molar-refractivity contribution is 7.89. The second-order valence-electron chi connectivity index (χ2n) is 5.55. The molecule has 118 valence electrons. The lowest BCUT2D eigenvalue weighted by atomic mass is 9.98. The van der Waals surface area contributed by atoms with Gasteiger partial charge in [-0.15, -0.1) is 0 Å². The van der Waals surface area contributed by atoms with E-state index in [1.165, 1.54) is 12.1 Å². The third-order valence-corrected chi connectivity index (χ3v) is 5.44. The molecule has 0 saturated carbocycles. The first-order valence-electron chi connectivity index (χ1n) is 7.09. The first-order valence-corrected chi connectivity index (χ1v) is 8.57. The van der Waals surface area contributed by atoms with Crippen molar-refractivity contribution in [2.24, 2.45) is 11.7 Å². The van der Waals surface area contributed by atoms with Crippen molar-refractivity contribution >= 4 is 10.0 Å². The molecule has 1 saturated heterocycles. The minimum atomic E-state index is -3.72. The molecular weight excluding hydrogens is 293 g/mol. The zero-order chi connectivity index (χ0) is 15.5. The summed E-state index contributed by atoms with van der Waals surface area (Å²) in [6.45, 7) is 2.39. The third-order valence-electron chi connectivity index (χ3n) is 3.94. The maximum Gasteiger partial charge on any atom is 0.241 e. The fourth-order valence-electron chi connectivity index (χ4n) is 2.52. The summed E-state index contributed by atoms with van der Waals surface area (Å²) in [7, 11) is -1.67. The van der Waals surface area contributed by atoms with Crippen molar-refractivity contribution in [2.75, 3.05) is 26.7 Å². The number of likely N-dealkylation sites (tertiary alicyclic amines) is 1. The molecule has 0 radical (unpaired) electrons. The van der Waals surface area contributed by atoms with Crippen LogP contribution in [0.5, 0.6) is 0 Å². The Labute approximate surface area is 125 Å². The largest absolute Gasteiger partial charge is 0.326 e. The van der Waals surface area contributed by atoms with Gasteiger partial charge in [0, 0.05) is 13.1 Å². The Morgan fingerprint density at radius 1 is 1.38 bits per heavy atom. The number of rotatable bonds is 5. The number of nitrogens with two attached hydrogens (primary N) is 1. The summed E-state index contributed by atoms with van der Waals surface area (Å²) < 4.78 is 40.6. The summed E-state index contributed by atoms with van der Waals surface area (Å²) in [6, 6.07) is 3.66. The lowest BCUT2D eigenvalue weighted by Gasteiger charge is -2.28. The molecule has 0 aromatic heterocycles. The van der Waals surface area contributed by atoms with Gasteiger partial charge in [-0.3, -0.25) is 0 Å². The number of hydrogen-bond donors (Lipinski definition) is 2. The molecule has 7 heteroatoms. The van der Waals surface area contributed by atoms with Gasteiger partial charge < -0.3 is 10.6 Å². The Morgan fingerprint density at radius 3 is 2.67 bits per heavy atom. The molecule has 0 amide bonds. The SMILES string of the molecule is CN1CCC(CNS(=O)(=O)c2cc(F)ccc2CN)CC1. The Kier molecular flexibility index (Phi) is 5.32. The van der Waals surface area contributed by atoms with E-state index in [2.05, 4.69) is 16.7 Å². The Morgan fingerprint density at radius 2 is 2.05 bits per heavy atom. The van der Waals surface area contributed by atoms with Crippen LogP contribution in [0.1, 0.15) is 18.4 Å². The molecule has 0 aliphatic carbocycles. The minimum absolute atomic E-state index is 0.0575. The summed E-state index contributed by atoms with van der Waals surface area (Å²) in [4.78, 5) is 2.17. The van der Waals surface area contributed by atoms with Crippen LogP contribution in [0.3, 0.4) is 0 Å². The second kappa shape index (κ2) is 6.83. The van der Waals surface area contributed by atoms with Crippen LogP contribution in [0.25, 0.3) is 0 Å². The van der Waals surface area contributed by atoms with Crippen molar-refractivity contribution in [3.63, 3.8) is 0 Å². The first kappa shape index (κ1) is 16.4. The predicted octanol–water partition coefficient (Wildman–Crippen LogP) is 0.904. The van der Waals surface area contributed by atoms with Gasteiger partial charge in [0.25, 0.3) is 0 Å². The molecule has 1 fully saturated rings. The van der Waals surface area contributed by atoms with E-state index in [1.54, 1.807) is 0 Å². The van der Waals surface area contributed by atoms with E-state index in [1.807, 2.05) is 0 Å². The van der Waals surface area contributed by atoms with E-state index in [4.69, 9.17) is 5.73 Å². The zero-order valence-electron chi connectivity index (χ0n) is 12.2. The van der Waals surface area contributed by atoms with Crippen molar-refractivity contribution in [1.82, 2.24) is 9.62 Å². The molecule has 1 heterocycles. The summed E-state index contributed by atoms with van der Waals surface area (Å²) in [5.41, 5.74) is 5.95. The van der Waals surface area contributed by atoms with Crippen molar-refractivity contribution in [1.29, 1.82) is 0 Å². The van der Waals surface area contributed by atoms with Crippen LogP contribution < -0.4 is 10.5 Å². The van der Waals surface area contributed by atoms with Gasteiger partial charge in [-0.1, -0.05) is 6.07 Å². The topological polar surface area (TPSA) is 75.4 Å². The van der Waals surface area contributed by atoms with Crippen LogP contribution in [-0.2, 0) is 16.6 Å². The molecule has 0 bridgehead atoms. The van der Waals surface area contributed by atoms with Crippen LogP contribution in [0.2, 0.25) is 0 Å². The number of nitrogens with zero attached hydrogens (tertiary/aromatic N) is 1. The van der Waals surface area contributed by atoms with Gasteiger partial charge in [-0.2, -0.15) is 0 Å². The normalized spacial score (nSPS) is 18.0. The van der Waals surface area contributed by atoms with Crippen molar-refractivity contribution in [2.45, 2.75) is 24.3 Å². The van der Waals surface area contributed by atoms with E-state index in [9.17, 15) is 12.8 Å². The van der Waals surface area contributed by atoms with Crippen LogP contribution in [-0.4, -0.2) is 40.0 Å². The van der Waals surface area contributed by atoms with E-state index in [0.717, 1.165) is 32.0 Å². The molecule has 21 heavy (non-hydrogen) atoms. The highest BCUT2D eigenvalue weighted by Gasteiger charge is 2.22. The first-order chi connectivity index (χ1) is 9.92. The van der Waals surface area contributed by atoms with Gasteiger partial charge in [0.2, 0.25) is 10.0 Å². The van der Waals surface area contributed by atoms with Gasteiger partial charge in [-0.25, -0.2) is 17.5 Å². The minimum Gasteiger partial charge on any atom is -0.326 e. The number of halogens is 1. The van der Waals surface area contributed by atoms with E-state index < -0.39 is 15.8 Å². The number of sulfonamides is 1. The van der Waals surface area contributed by atoms with E-state index in [0.29, 0.717) is 18.0 Å². The summed E-state index contributed by atoms with van der Waals surface area (Å²) in [5.74, 6) is -0.252. The molecule has 2 rings (SSSR count). The van der Waals surface area contributed by atoms with Gasteiger partial charge in [0.05, 0.1) is 4.90 Å². The molecule has 1 aliphatic heterocycles. The average Bonchev–Trinajstić information content (AvgIpc) is 2.47. The summed E-state index contributed by atoms with van der Waals surface area (Å²) >= 11 is 0. The summed E-state index contributed by atoms with van der Waals surface area (Å²) in [5, 5.41) is 0. The number of piperidine rings is 1. The van der Waals surface area contributed by atoms with Crippen LogP contribution >= 0.6 is 0 Å². The quantitative estimate of drug-likeness (QED) is 0.847. The second-order valence-corrected chi connectivity index (χ2v) is 7.29. The maximum absolute atomic E-state index is 13.3. The van der Waals surface area contributed by atoms with Crippen LogP contribution in [0, 0.1) is 11.7 Å². The molecular formula is C14H22FN3O2S. The molecule has 0 unspecified atom stereocenters. The van der Waals surface area contributed by atoms with E-state index >= 15 is 0 Å². The van der Waals surface area contributed by atoms with Crippen molar-refractivity contribution in [3.05, 3.63) is 29.6 Å². The molecule has 1 aromatic carbocycles. The van der Waals surface area contributed by atoms with Gasteiger partial charge in [0.15, 0.2) is 0 Å². The zero-order valence-corrected chi connectivity index (χ0v) is 13.0. The standard InChI is InChI=1S/C14H22FN3O2S/c1-18-6-4-11(5-7-18)10-17-21(19,20)14-8-13(15)3-2-12(14)9-16/h2-3,8,11,17H,4-7,9-10,16H2,1H3. The number of hydrogen-bond acceptors (Lipinski definition) is 4. The molecule has 1 aromatic rings. The van der Waals surface area contributed by atoms with Crippen molar-refractivity contribution in [3.8, 4) is 0 Å². The fourth-order valence-corrected chi connectivity index (χ4v) is 3.89. The number of nitrogens with one attached hydrogen (secondary N) is 1. The Balaban J connectivity index is 2.06. The Hall–Kier alpha value is -1.02. The van der Waals surface area contributed by atoms with Crippen LogP contribution in [0.4, 0.5) is 4.39 Å². The summed E-state index contributed by atoms with van der Waals surface area (Å²) in [6.07, 6.45) is 1.93. The fraction of sp³-hybridized carbons (Fsp3) is 0.571. The van der Waals surface area contributed by atoms with Gasteiger partial charge in [0.1, 0.15) is 5.82 Å². The molecule has 0 atom stereocenters. The maximum atomic E-state index is 13.3. The third kappa shape index (κ3) is 4.23. The monoisotopic (exact) mass is 315 g/mol. The van der Waals surface area contributed by atoms with Gasteiger partial charge >= 0.3 is 0 Å².